The third kappa shape index (κ3) is 3.94. The van der Waals surface area contributed by atoms with E-state index >= 15 is 0 Å². The van der Waals surface area contributed by atoms with Crippen LogP contribution in [0.1, 0.15) is 18.9 Å². The summed E-state index contributed by atoms with van der Waals surface area (Å²) in [6.07, 6.45) is 1.01. The third-order valence-electron chi connectivity index (χ3n) is 3.11. The summed E-state index contributed by atoms with van der Waals surface area (Å²) in [4.78, 5) is 0. The highest BCUT2D eigenvalue weighted by Gasteiger charge is 2.13. The standard InChI is InChI=1S/C16H15Cl2F2N/c1-2-5-21-9-10-3-4-11(17)6-12(10)13-7-15(19)16(20)8-14(13)18/h3-4,6-8,21H,2,5,9H2,1H3. The van der Waals surface area contributed by atoms with E-state index in [0.717, 1.165) is 30.7 Å². The van der Waals surface area contributed by atoms with Crippen LogP contribution in [-0.4, -0.2) is 6.54 Å². The monoisotopic (exact) mass is 329 g/mol. The minimum atomic E-state index is -0.962. The first-order valence-corrected chi connectivity index (χ1v) is 7.42. The van der Waals surface area contributed by atoms with Crippen molar-refractivity contribution in [3.63, 3.8) is 0 Å². The van der Waals surface area contributed by atoms with Crippen molar-refractivity contribution < 1.29 is 8.78 Å². The first-order valence-electron chi connectivity index (χ1n) is 6.67. The van der Waals surface area contributed by atoms with Gasteiger partial charge in [-0.15, -0.1) is 0 Å². The lowest BCUT2D eigenvalue weighted by atomic mass is 9.99. The van der Waals surface area contributed by atoms with Crippen molar-refractivity contribution in [2.24, 2.45) is 0 Å². The topological polar surface area (TPSA) is 12.0 Å². The van der Waals surface area contributed by atoms with E-state index in [1.165, 1.54) is 0 Å². The number of halogens is 4. The smallest absolute Gasteiger partial charge is 0.160 e. The Morgan fingerprint density at radius 3 is 2.43 bits per heavy atom. The Bertz CT molecular complexity index is 644. The van der Waals surface area contributed by atoms with Crippen LogP contribution < -0.4 is 5.32 Å². The fraction of sp³-hybridized carbons (Fsp3) is 0.250. The highest BCUT2D eigenvalue weighted by molar-refractivity contribution is 6.34. The molecule has 5 heteroatoms. The molecule has 0 saturated heterocycles. The number of hydrogen-bond donors (Lipinski definition) is 1. The maximum absolute atomic E-state index is 13.5. The molecule has 0 spiro atoms. The van der Waals surface area contributed by atoms with Gasteiger partial charge in [-0.3, -0.25) is 0 Å². The van der Waals surface area contributed by atoms with Crippen LogP contribution in [0.3, 0.4) is 0 Å². The molecule has 0 saturated carbocycles. The second-order valence-electron chi connectivity index (χ2n) is 4.72. The van der Waals surface area contributed by atoms with Crippen LogP contribution in [0.5, 0.6) is 0 Å². The second-order valence-corrected chi connectivity index (χ2v) is 5.57. The van der Waals surface area contributed by atoms with Gasteiger partial charge in [-0.1, -0.05) is 36.2 Å². The minimum Gasteiger partial charge on any atom is -0.313 e. The molecule has 0 aliphatic carbocycles. The SMILES string of the molecule is CCCNCc1ccc(Cl)cc1-c1cc(F)c(F)cc1Cl. The summed E-state index contributed by atoms with van der Waals surface area (Å²) in [7, 11) is 0. The van der Waals surface area contributed by atoms with Crippen molar-refractivity contribution in [1.82, 2.24) is 5.32 Å². The van der Waals surface area contributed by atoms with E-state index < -0.39 is 11.6 Å². The molecule has 0 aliphatic heterocycles. The molecule has 0 atom stereocenters. The molecular formula is C16H15Cl2F2N. The van der Waals surface area contributed by atoms with Crippen LogP contribution in [0.15, 0.2) is 30.3 Å². The van der Waals surface area contributed by atoms with Crippen molar-refractivity contribution in [1.29, 1.82) is 0 Å². The largest absolute Gasteiger partial charge is 0.313 e. The fourth-order valence-corrected chi connectivity index (χ4v) is 2.51. The van der Waals surface area contributed by atoms with Crippen molar-refractivity contribution in [2.45, 2.75) is 19.9 Å². The molecule has 2 rings (SSSR count). The van der Waals surface area contributed by atoms with Crippen molar-refractivity contribution >= 4 is 23.2 Å². The molecule has 0 fully saturated rings. The molecule has 0 heterocycles. The highest BCUT2D eigenvalue weighted by Crippen LogP contribution is 2.34. The van der Waals surface area contributed by atoms with Gasteiger partial charge in [0.25, 0.3) is 0 Å². The summed E-state index contributed by atoms with van der Waals surface area (Å²) >= 11 is 12.1. The Morgan fingerprint density at radius 1 is 1.00 bits per heavy atom. The van der Waals surface area contributed by atoms with Gasteiger partial charge in [-0.2, -0.15) is 0 Å². The Labute approximate surface area is 132 Å². The van der Waals surface area contributed by atoms with Gasteiger partial charge in [0, 0.05) is 17.1 Å². The first kappa shape index (κ1) is 16.2. The summed E-state index contributed by atoms with van der Waals surface area (Å²) in [5.74, 6) is -1.89. The van der Waals surface area contributed by atoms with E-state index in [9.17, 15) is 8.78 Å². The average molecular weight is 330 g/mol. The summed E-state index contributed by atoms with van der Waals surface area (Å²) in [6.45, 7) is 3.55. The lowest BCUT2D eigenvalue weighted by Gasteiger charge is -2.13. The molecule has 21 heavy (non-hydrogen) atoms. The maximum Gasteiger partial charge on any atom is 0.160 e. The van der Waals surface area contributed by atoms with Gasteiger partial charge < -0.3 is 5.32 Å². The van der Waals surface area contributed by atoms with Gasteiger partial charge in [-0.05, 0) is 48.4 Å². The summed E-state index contributed by atoms with van der Waals surface area (Å²) in [5.41, 5.74) is 2.07. The molecule has 2 aromatic carbocycles. The van der Waals surface area contributed by atoms with E-state index in [4.69, 9.17) is 23.2 Å². The molecule has 1 N–H and O–H groups in total. The molecule has 112 valence electrons. The zero-order valence-electron chi connectivity index (χ0n) is 11.5. The van der Waals surface area contributed by atoms with Crippen LogP contribution in [0.4, 0.5) is 8.78 Å². The molecule has 2 aromatic rings. The van der Waals surface area contributed by atoms with Crippen LogP contribution in [-0.2, 0) is 6.54 Å². The Hall–Kier alpha value is -1.16. The Morgan fingerprint density at radius 2 is 1.71 bits per heavy atom. The minimum absolute atomic E-state index is 0.160. The van der Waals surface area contributed by atoms with Gasteiger partial charge in [0.2, 0.25) is 0 Å². The predicted molar refractivity (Wildman–Crippen MR) is 83.8 cm³/mol. The fourth-order valence-electron chi connectivity index (χ4n) is 2.08. The van der Waals surface area contributed by atoms with Crippen LogP contribution >= 0.6 is 23.2 Å². The molecule has 1 nitrogen and oxygen atoms in total. The Balaban J connectivity index is 2.46. The Kier molecular flexibility index (Phi) is 5.57. The lowest BCUT2D eigenvalue weighted by molar-refractivity contribution is 0.509. The zero-order chi connectivity index (χ0) is 15.4. The van der Waals surface area contributed by atoms with Gasteiger partial charge in [-0.25, -0.2) is 8.78 Å². The molecular weight excluding hydrogens is 315 g/mol. The van der Waals surface area contributed by atoms with Crippen molar-refractivity contribution in [3.05, 3.63) is 57.6 Å². The number of nitrogens with one attached hydrogen (secondary N) is 1. The first-order chi connectivity index (χ1) is 10.0. The zero-order valence-corrected chi connectivity index (χ0v) is 13.0. The lowest BCUT2D eigenvalue weighted by Crippen LogP contribution is -2.14. The molecule has 0 aromatic heterocycles. The summed E-state index contributed by atoms with van der Waals surface area (Å²) < 4.78 is 26.7. The maximum atomic E-state index is 13.5. The molecule has 0 radical (unpaired) electrons. The normalized spacial score (nSPS) is 10.9. The van der Waals surface area contributed by atoms with Crippen molar-refractivity contribution in [3.8, 4) is 11.1 Å². The van der Waals surface area contributed by atoms with E-state index in [1.807, 2.05) is 6.07 Å². The predicted octanol–water partition coefficient (Wildman–Crippen LogP) is 5.44. The third-order valence-corrected chi connectivity index (χ3v) is 3.66. The van der Waals surface area contributed by atoms with Crippen LogP contribution in [0.2, 0.25) is 10.0 Å². The van der Waals surface area contributed by atoms with Gasteiger partial charge >= 0.3 is 0 Å². The van der Waals surface area contributed by atoms with Crippen LogP contribution in [0.25, 0.3) is 11.1 Å². The molecule has 0 unspecified atom stereocenters. The average Bonchev–Trinajstić information content (AvgIpc) is 2.45. The molecule has 0 bridgehead atoms. The van der Waals surface area contributed by atoms with Crippen LogP contribution in [0, 0.1) is 11.6 Å². The van der Waals surface area contributed by atoms with Gasteiger partial charge in [0.05, 0.1) is 5.02 Å². The van der Waals surface area contributed by atoms with E-state index in [2.05, 4.69) is 12.2 Å². The van der Waals surface area contributed by atoms with E-state index in [-0.39, 0.29) is 5.02 Å². The van der Waals surface area contributed by atoms with Crippen molar-refractivity contribution in [2.75, 3.05) is 6.54 Å². The number of hydrogen-bond acceptors (Lipinski definition) is 1. The summed E-state index contributed by atoms with van der Waals surface area (Å²) in [6, 6.07) is 7.42. The number of rotatable bonds is 5. The van der Waals surface area contributed by atoms with Gasteiger partial charge in [0.1, 0.15) is 0 Å². The number of benzene rings is 2. The molecule has 0 amide bonds. The molecule has 0 aliphatic rings. The second kappa shape index (κ2) is 7.21. The van der Waals surface area contributed by atoms with E-state index in [0.29, 0.717) is 22.7 Å². The highest BCUT2D eigenvalue weighted by atomic mass is 35.5. The van der Waals surface area contributed by atoms with Gasteiger partial charge in [0.15, 0.2) is 11.6 Å². The quantitative estimate of drug-likeness (QED) is 0.569. The summed E-state index contributed by atoms with van der Waals surface area (Å²) in [5, 5.41) is 3.95. The van der Waals surface area contributed by atoms with E-state index in [1.54, 1.807) is 12.1 Å².